The average Bonchev–Trinajstić information content (AvgIpc) is 2.94. The zero-order chi connectivity index (χ0) is 15.4. The molecule has 1 N–H and O–H groups in total. The summed E-state index contributed by atoms with van der Waals surface area (Å²) in [7, 11) is 4.74. The van der Waals surface area contributed by atoms with Gasteiger partial charge in [0.15, 0.2) is 0 Å². The Morgan fingerprint density at radius 3 is 2.62 bits per heavy atom. The van der Waals surface area contributed by atoms with Gasteiger partial charge in [-0.2, -0.15) is 0 Å². The van der Waals surface area contributed by atoms with Gasteiger partial charge < -0.3 is 19.3 Å². The van der Waals surface area contributed by atoms with Gasteiger partial charge in [0, 0.05) is 38.4 Å². The third kappa shape index (κ3) is 3.46. The minimum absolute atomic E-state index is 0.211. The summed E-state index contributed by atoms with van der Waals surface area (Å²) in [6, 6.07) is 3.25. The minimum atomic E-state index is -0.982. The highest BCUT2D eigenvalue weighted by Gasteiger charge is 2.25. The molecule has 0 amide bonds. The summed E-state index contributed by atoms with van der Waals surface area (Å²) < 4.78 is 15.8. The molecule has 1 saturated heterocycles. The number of hydrogen-bond donors (Lipinski definition) is 1. The maximum absolute atomic E-state index is 11.5. The highest BCUT2D eigenvalue weighted by molar-refractivity contribution is 5.91. The van der Waals surface area contributed by atoms with E-state index in [4.69, 9.17) is 14.2 Å². The minimum Gasteiger partial charge on any atom is -0.497 e. The Bertz CT molecular complexity index is 517. The molecule has 0 aromatic heterocycles. The van der Waals surface area contributed by atoms with E-state index in [-0.39, 0.29) is 11.7 Å². The van der Waals surface area contributed by atoms with Crippen LogP contribution in [0, 0.1) is 0 Å². The Labute approximate surface area is 124 Å². The number of benzene rings is 1. The number of ether oxygens (including phenoxy) is 3. The van der Waals surface area contributed by atoms with Crippen LogP contribution in [0.25, 0.3) is 0 Å². The monoisotopic (exact) mass is 295 g/mol. The van der Waals surface area contributed by atoms with E-state index in [1.165, 1.54) is 20.3 Å². The summed E-state index contributed by atoms with van der Waals surface area (Å²) >= 11 is 0. The Kier molecular flexibility index (Phi) is 5.03. The Morgan fingerprint density at radius 1 is 1.33 bits per heavy atom. The van der Waals surface area contributed by atoms with Gasteiger partial charge in [0.2, 0.25) is 0 Å². The van der Waals surface area contributed by atoms with Gasteiger partial charge in [-0.1, -0.05) is 0 Å². The van der Waals surface area contributed by atoms with Crippen LogP contribution in [0.3, 0.4) is 0 Å². The van der Waals surface area contributed by atoms with Crippen molar-refractivity contribution < 1.29 is 24.1 Å². The molecule has 116 valence electrons. The van der Waals surface area contributed by atoms with Crippen molar-refractivity contribution in [1.29, 1.82) is 0 Å². The maximum Gasteiger partial charge on any atom is 0.336 e. The Balaban J connectivity index is 2.30. The molecule has 0 bridgehead atoms. The molecular formula is C15H21NO5. The fourth-order valence-electron chi connectivity index (χ4n) is 2.63. The van der Waals surface area contributed by atoms with Crippen molar-refractivity contribution in [2.24, 2.45) is 0 Å². The molecule has 0 spiro atoms. The van der Waals surface area contributed by atoms with Crippen molar-refractivity contribution in [2.75, 3.05) is 34.4 Å². The normalized spacial score (nSPS) is 18.7. The summed E-state index contributed by atoms with van der Waals surface area (Å²) in [4.78, 5) is 13.7. The fourth-order valence-corrected chi connectivity index (χ4v) is 2.63. The van der Waals surface area contributed by atoms with Gasteiger partial charge in [0.25, 0.3) is 0 Å². The molecule has 0 unspecified atom stereocenters. The van der Waals surface area contributed by atoms with Gasteiger partial charge in [0.1, 0.15) is 11.5 Å². The van der Waals surface area contributed by atoms with Crippen LogP contribution in [0.4, 0.5) is 0 Å². The van der Waals surface area contributed by atoms with Gasteiger partial charge in [-0.25, -0.2) is 4.79 Å². The van der Waals surface area contributed by atoms with Crippen molar-refractivity contribution >= 4 is 5.97 Å². The van der Waals surface area contributed by atoms with Crippen molar-refractivity contribution in [1.82, 2.24) is 4.90 Å². The van der Waals surface area contributed by atoms with Crippen molar-refractivity contribution in [3.8, 4) is 11.5 Å². The molecule has 2 rings (SSSR count). The number of nitrogens with zero attached hydrogens (tertiary/aromatic N) is 1. The second-order valence-electron chi connectivity index (χ2n) is 5.04. The number of carboxylic acids is 1. The van der Waals surface area contributed by atoms with Crippen LogP contribution < -0.4 is 9.47 Å². The number of hydrogen-bond acceptors (Lipinski definition) is 5. The van der Waals surface area contributed by atoms with E-state index in [0.29, 0.717) is 23.6 Å². The number of likely N-dealkylation sites (tertiary alicyclic amines) is 1. The second-order valence-corrected chi connectivity index (χ2v) is 5.04. The summed E-state index contributed by atoms with van der Waals surface area (Å²) in [6.07, 6.45) is 1.17. The lowest BCUT2D eigenvalue weighted by Gasteiger charge is -2.20. The predicted molar refractivity (Wildman–Crippen MR) is 77.2 cm³/mol. The second kappa shape index (κ2) is 6.78. The highest BCUT2D eigenvalue weighted by atomic mass is 16.5. The number of methoxy groups -OCH3 is 3. The third-order valence-electron chi connectivity index (χ3n) is 3.81. The largest absolute Gasteiger partial charge is 0.497 e. The molecule has 1 fully saturated rings. The molecule has 1 heterocycles. The van der Waals surface area contributed by atoms with Crippen LogP contribution in [0.15, 0.2) is 12.1 Å². The van der Waals surface area contributed by atoms with Gasteiger partial charge >= 0.3 is 5.97 Å². The molecule has 1 atom stereocenters. The predicted octanol–water partition coefficient (Wildman–Crippen LogP) is 1.62. The van der Waals surface area contributed by atoms with Gasteiger partial charge in [0.05, 0.1) is 25.9 Å². The average molecular weight is 295 g/mol. The molecule has 1 aromatic carbocycles. The first kappa shape index (κ1) is 15.6. The third-order valence-corrected chi connectivity index (χ3v) is 3.81. The van der Waals surface area contributed by atoms with E-state index < -0.39 is 5.97 Å². The van der Waals surface area contributed by atoms with Crippen LogP contribution in [-0.4, -0.2) is 56.5 Å². The van der Waals surface area contributed by atoms with Crippen LogP contribution in [0.2, 0.25) is 0 Å². The maximum atomic E-state index is 11.5. The van der Waals surface area contributed by atoms with Crippen molar-refractivity contribution in [2.45, 2.75) is 19.1 Å². The lowest BCUT2D eigenvalue weighted by Crippen LogP contribution is -2.24. The van der Waals surface area contributed by atoms with Gasteiger partial charge in [-0.15, -0.1) is 0 Å². The molecule has 0 saturated carbocycles. The molecule has 6 nitrogen and oxygen atoms in total. The van der Waals surface area contributed by atoms with E-state index in [2.05, 4.69) is 4.90 Å². The zero-order valence-corrected chi connectivity index (χ0v) is 12.6. The SMILES string of the molecule is COc1cc(OC)c(CN2CC[C@H](OC)C2)c(C(=O)O)c1. The van der Waals surface area contributed by atoms with Crippen molar-refractivity contribution in [3.63, 3.8) is 0 Å². The summed E-state index contributed by atoms with van der Waals surface area (Å²) in [6.45, 7) is 2.20. The van der Waals surface area contributed by atoms with E-state index in [1.54, 1.807) is 13.2 Å². The lowest BCUT2D eigenvalue weighted by molar-refractivity contribution is 0.0693. The first-order valence-electron chi connectivity index (χ1n) is 6.82. The van der Waals surface area contributed by atoms with Crippen LogP contribution in [0.5, 0.6) is 11.5 Å². The van der Waals surface area contributed by atoms with E-state index >= 15 is 0 Å². The van der Waals surface area contributed by atoms with E-state index in [9.17, 15) is 9.90 Å². The molecule has 21 heavy (non-hydrogen) atoms. The topological polar surface area (TPSA) is 68.2 Å². The smallest absolute Gasteiger partial charge is 0.336 e. The molecule has 1 aromatic rings. The molecule has 6 heteroatoms. The Morgan fingerprint density at radius 2 is 2.10 bits per heavy atom. The van der Waals surface area contributed by atoms with Gasteiger partial charge in [-0.05, 0) is 12.5 Å². The molecule has 0 aliphatic carbocycles. The lowest BCUT2D eigenvalue weighted by atomic mass is 10.0. The van der Waals surface area contributed by atoms with Crippen LogP contribution in [0.1, 0.15) is 22.3 Å². The number of aromatic carboxylic acids is 1. The quantitative estimate of drug-likeness (QED) is 0.860. The fraction of sp³-hybridized carbons (Fsp3) is 0.533. The van der Waals surface area contributed by atoms with Crippen molar-refractivity contribution in [3.05, 3.63) is 23.3 Å². The summed E-state index contributed by atoms with van der Waals surface area (Å²) in [5, 5.41) is 9.42. The summed E-state index contributed by atoms with van der Waals surface area (Å²) in [5.41, 5.74) is 0.884. The number of rotatable bonds is 6. The first-order valence-corrected chi connectivity index (χ1v) is 6.82. The van der Waals surface area contributed by atoms with Crippen LogP contribution in [-0.2, 0) is 11.3 Å². The van der Waals surface area contributed by atoms with Gasteiger partial charge in [-0.3, -0.25) is 4.90 Å². The number of carboxylic acid groups (broad SMARTS) is 1. The highest BCUT2D eigenvalue weighted by Crippen LogP contribution is 2.31. The standard InChI is InChI=1S/C15H21NO5/c1-19-10-4-5-16(8-10)9-13-12(15(17)18)6-11(20-2)7-14(13)21-3/h6-7,10H,4-5,8-9H2,1-3H3,(H,17,18)/t10-/m0/s1. The van der Waals surface area contributed by atoms with E-state index in [0.717, 1.165) is 19.5 Å². The first-order chi connectivity index (χ1) is 10.1. The summed E-state index contributed by atoms with van der Waals surface area (Å²) in [5.74, 6) is 0.0292. The molecular weight excluding hydrogens is 274 g/mol. The Hall–Kier alpha value is -1.79. The molecule has 0 radical (unpaired) electrons. The van der Waals surface area contributed by atoms with E-state index in [1.807, 2.05) is 0 Å². The van der Waals surface area contributed by atoms with Crippen LogP contribution >= 0.6 is 0 Å². The molecule has 1 aliphatic heterocycles. The number of carbonyl (C=O) groups is 1. The zero-order valence-electron chi connectivity index (χ0n) is 12.6. The molecule has 1 aliphatic rings.